The van der Waals surface area contributed by atoms with Crippen LogP contribution in [-0.2, 0) is 16.0 Å². The molecule has 10 heteroatoms. The number of nitro benzene ring substituents is 1. The summed E-state index contributed by atoms with van der Waals surface area (Å²) in [4.78, 5) is 21.9. The first-order valence-electron chi connectivity index (χ1n) is 7.56. The molecule has 0 radical (unpaired) electrons. The number of benzene rings is 1. The van der Waals surface area contributed by atoms with Gasteiger partial charge >= 0.3 is 0 Å². The zero-order valence-corrected chi connectivity index (χ0v) is 13.4. The highest BCUT2D eigenvalue weighted by atomic mass is 16.6. The summed E-state index contributed by atoms with van der Waals surface area (Å²) in [6.45, 7) is 0.437. The number of ether oxygens (including phenoxy) is 1. The van der Waals surface area contributed by atoms with E-state index in [1.54, 1.807) is 0 Å². The van der Waals surface area contributed by atoms with Crippen molar-refractivity contribution in [2.24, 2.45) is 0 Å². The van der Waals surface area contributed by atoms with Crippen LogP contribution in [0.1, 0.15) is 12.5 Å². The molecular weight excluding hydrogens is 336 g/mol. The van der Waals surface area contributed by atoms with Crippen molar-refractivity contribution >= 4 is 11.6 Å². The van der Waals surface area contributed by atoms with Crippen molar-refractivity contribution in [2.75, 3.05) is 6.61 Å². The van der Waals surface area contributed by atoms with Gasteiger partial charge in [-0.05, 0) is 0 Å². The van der Waals surface area contributed by atoms with Crippen molar-refractivity contribution in [3.63, 3.8) is 0 Å². The molecule has 10 nitrogen and oxygen atoms in total. The van der Waals surface area contributed by atoms with E-state index in [0.29, 0.717) is 0 Å². The number of hydrogen-bond acceptors (Lipinski definition) is 8. The molecule has 0 saturated carbocycles. The monoisotopic (exact) mass is 356 g/mol. The van der Waals surface area contributed by atoms with Crippen LogP contribution in [0.3, 0.4) is 0 Å². The Bertz CT molecular complexity index is 654. The highest BCUT2D eigenvalue weighted by Gasteiger charge is 2.54. The standard InChI is InChI=1S/C15H20N2O8/c1-8(19)16-14-13(21)12(20)11(7-18)25-15(14,22)6-9-4-2-3-5-10(9)17(23)24/h2-5,11-14,18,20-22H,6-7H2,1H3,(H,16,19)/t11-,12-,13+,14-,15?/m1/s1. The summed E-state index contributed by atoms with van der Waals surface area (Å²) >= 11 is 0. The Morgan fingerprint density at radius 2 is 2.00 bits per heavy atom. The minimum atomic E-state index is -2.27. The van der Waals surface area contributed by atoms with E-state index in [1.165, 1.54) is 24.3 Å². The van der Waals surface area contributed by atoms with E-state index in [-0.39, 0.29) is 11.3 Å². The van der Waals surface area contributed by atoms with Crippen LogP contribution >= 0.6 is 0 Å². The minimum Gasteiger partial charge on any atom is -0.394 e. The SMILES string of the molecule is CC(=O)N[C@@H]1[C@@H](O)[C@H](O)[C@@H](CO)OC1(O)Cc1ccccc1[N+](=O)[O-]. The molecule has 0 bridgehead atoms. The fourth-order valence-electron chi connectivity index (χ4n) is 2.91. The van der Waals surface area contributed by atoms with E-state index >= 15 is 0 Å². The number of aliphatic hydroxyl groups is 4. The summed E-state index contributed by atoms with van der Waals surface area (Å²) in [6, 6.07) is 4.16. The lowest BCUT2D eigenvalue weighted by molar-refractivity contribution is -0.386. The second-order valence-corrected chi connectivity index (χ2v) is 5.91. The van der Waals surface area contributed by atoms with Crippen LogP contribution < -0.4 is 5.32 Å². The first-order valence-corrected chi connectivity index (χ1v) is 7.56. The van der Waals surface area contributed by atoms with E-state index in [4.69, 9.17) is 4.74 Å². The maximum absolute atomic E-state index is 11.4. The van der Waals surface area contributed by atoms with Crippen LogP contribution in [0, 0.1) is 10.1 Å². The molecule has 0 aromatic heterocycles. The van der Waals surface area contributed by atoms with Gasteiger partial charge in [0.25, 0.3) is 5.69 Å². The first-order chi connectivity index (χ1) is 11.7. The third-order valence-electron chi connectivity index (χ3n) is 4.08. The molecule has 5 N–H and O–H groups in total. The van der Waals surface area contributed by atoms with Gasteiger partial charge in [0.2, 0.25) is 5.91 Å². The summed E-state index contributed by atoms with van der Waals surface area (Å²) in [5, 5.41) is 53.8. The van der Waals surface area contributed by atoms with Gasteiger partial charge in [-0.15, -0.1) is 0 Å². The van der Waals surface area contributed by atoms with Crippen LogP contribution in [0.2, 0.25) is 0 Å². The summed E-state index contributed by atoms with van der Waals surface area (Å²) in [5.41, 5.74) is -0.173. The van der Waals surface area contributed by atoms with Crippen molar-refractivity contribution in [3.8, 4) is 0 Å². The lowest BCUT2D eigenvalue weighted by Gasteiger charge is -2.47. The van der Waals surface area contributed by atoms with Crippen molar-refractivity contribution in [2.45, 2.75) is 43.5 Å². The van der Waals surface area contributed by atoms with Crippen LogP contribution in [0.15, 0.2) is 24.3 Å². The Hall–Kier alpha value is -2.11. The summed E-state index contributed by atoms with van der Waals surface area (Å²) < 4.78 is 5.32. The normalized spacial score (nSPS) is 32.2. The Morgan fingerprint density at radius 1 is 1.36 bits per heavy atom. The third-order valence-corrected chi connectivity index (χ3v) is 4.08. The molecule has 1 saturated heterocycles. The number of nitrogens with zero attached hydrogens (tertiary/aromatic N) is 1. The molecule has 1 unspecified atom stereocenters. The predicted octanol–water partition coefficient (Wildman–Crippen LogP) is -1.56. The van der Waals surface area contributed by atoms with Gasteiger partial charge in [0.15, 0.2) is 5.79 Å². The Kier molecular flexibility index (Phi) is 5.70. The Balaban J connectivity index is 2.42. The zero-order valence-electron chi connectivity index (χ0n) is 13.4. The molecule has 2 rings (SSSR count). The van der Waals surface area contributed by atoms with Gasteiger partial charge in [-0.25, -0.2) is 0 Å². The van der Waals surface area contributed by atoms with Gasteiger partial charge in [0, 0.05) is 25.0 Å². The maximum Gasteiger partial charge on any atom is 0.272 e. The molecule has 1 amide bonds. The number of para-hydroxylation sites is 1. The molecule has 5 atom stereocenters. The fraction of sp³-hybridized carbons (Fsp3) is 0.533. The maximum atomic E-state index is 11.4. The largest absolute Gasteiger partial charge is 0.394 e. The van der Waals surface area contributed by atoms with E-state index in [1.807, 2.05) is 0 Å². The number of carbonyl (C=O) groups excluding carboxylic acids is 1. The Labute approximate surface area is 142 Å². The first kappa shape index (κ1) is 19.2. The minimum absolute atomic E-state index is 0.102. The molecular formula is C15H20N2O8. The number of carbonyl (C=O) groups is 1. The van der Waals surface area contributed by atoms with Crippen LogP contribution in [-0.4, -0.2) is 68.0 Å². The van der Waals surface area contributed by atoms with Crippen molar-refractivity contribution in [3.05, 3.63) is 39.9 Å². The molecule has 25 heavy (non-hydrogen) atoms. The van der Waals surface area contributed by atoms with Gasteiger partial charge in [-0.3, -0.25) is 14.9 Å². The van der Waals surface area contributed by atoms with Crippen LogP contribution in [0.5, 0.6) is 0 Å². The molecule has 1 heterocycles. The number of nitro groups is 1. The smallest absolute Gasteiger partial charge is 0.272 e. The van der Waals surface area contributed by atoms with Gasteiger partial charge in [0.1, 0.15) is 24.4 Å². The van der Waals surface area contributed by atoms with Gasteiger partial charge in [-0.1, -0.05) is 18.2 Å². The van der Waals surface area contributed by atoms with E-state index in [0.717, 1.165) is 6.92 Å². The van der Waals surface area contributed by atoms with Gasteiger partial charge in [-0.2, -0.15) is 0 Å². The van der Waals surface area contributed by atoms with E-state index in [2.05, 4.69) is 5.32 Å². The summed E-state index contributed by atoms with van der Waals surface area (Å²) in [5.74, 6) is -2.88. The highest BCUT2D eigenvalue weighted by molar-refractivity contribution is 5.73. The topological polar surface area (TPSA) is 162 Å². The number of nitrogens with one attached hydrogen (secondary N) is 1. The predicted molar refractivity (Wildman–Crippen MR) is 83.3 cm³/mol. The van der Waals surface area contributed by atoms with Crippen LogP contribution in [0.4, 0.5) is 5.69 Å². The average molecular weight is 356 g/mol. The molecule has 0 spiro atoms. The van der Waals surface area contributed by atoms with Gasteiger partial charge in [0.05, 0.1) is 11.5 Å². The third kappa shape index (κ3) is 3.94. The highest BCUT2D eigenvalue weighted by Crippen LogP contribution is 2.33. The number of amides is 1. The molecule has 1 aromatic rings. The molecule has 1 aliphatic heterocycles. The molecule has 1 aromatic carbocycles. The zero-order chi connectivity index (χ0) is 18.8. The van der Waals surface area contributed by atoms with Gasteiger partial charge < -0.3 is 30.5 Å². The fourth-order valence-corrected chi connectivity index (χ4v) is 2.91. The lowest BCUT2D eigenvalue weighted by atomic mass is 9.86. The summed E-state index contributed by atoms with van der Waals surface area (Å²) in [6.07, 6.45) is -4.99. The molecule has 138 valence electrons. The molecule has 1 fully saturated rings. The molecule has 0 aliphatic carbocycles. The lowest BCUT2D eigenvalue weighted by Crippen LogP contribution is -2.70. The quantitative estimate of drug-likeness (QED) is 0.312. The second-order valence-electron chi connectivity index (χ2n) is 5.91. The number of hydrogen-bond donors (Lipinski definition) is 5. The van der Waals surface area contributed by atoms with E-state index in [9.17, 15) is 35.3 Å². The molecule has 1 aliphatic rings. The Morgan fingerprint density at radius 3 is 2.56 bits per heavy atom. The van der Waals surface area contributed by atoms with Crippen molar-refractivity contribution in [1.29, 1.82) is 0 Å². The van der Waals surface area contributed by atoms with Crippen LogP contribution in [0.25, 0.3) is 0 Å². The second kappa shape index (κ2) is 7.42. The van der Waals surface area contributed by atoms with Crippen molar-refractivity contribution < 1.29 is 34.9 Å². The average Bonchev–Trinajstić information content (AvgIpc) is 2.55. The summed E-state index contributed by atoms with van der Waals surface area (Å²) in [7, 11) is 0. The van der Waals surface area contributed by atoms with E-state index < -0.39 is 54.0 Å². The number of rotatable bonds is 5. The number of aliphatic hydroxyl groups excluding tert-OH is 3. The van der Waals surface area contributed by atoms with Crippen molar-refractivity contribution in [1.82, 2.24) is 5.32 Å².